The highest BCUT2D eigenvalue weighted by Gasteiger charge is 2.18. The summed E-state index contributed by atoms with van der Waals surface area (Å²) in [5.74, 6) is -16.4. The van der Waals surface area contributed by atoms with Crippen molar-refractivity contribution in [2.24, 2.45) is 0 Å². The van der Waals surface area contributed by atoms with Crippen LogP contribution in [-0.2, 0) is 9.59 Å². The molecule has 160 valence electrons. The number of rotatable bonds is 4. The average Bonchev–Trinajstić information content (AvgIpc) is 2.82. The van der Waals surface area contributed by atoms with Crippen LogP contribution in [0.25, 0.3) is 0 Å². The molecule has 0 radical (unpaired) electrons. The van der Waals surface area contributed by atoms with E-state index in [4.69, 9.17) is 11.0 Å². The largest absolute Gasteiger partial charge is 0.420 e. The lowest BCUT2D eigenvalue weighted by molar-refractivity contribution is -0.131. The van der Waals surface area contributed by atoms with Gasteiger partial charge >= 0.3 is 11.9 Å². The van der Waals surface area contributed by atoms with Crippen molar-refractivity contribution >= 4 is 11.9 Å². The summed E-state index contributed by atoms with van der Waals surface area (Å²) in [6.45, 7) is 0.127. The Hall–Kier alpha value is -3.56. The predicted octanol–water partition coefficient (Wildman–Crippen LogP) is 5.17. The molecule has 0 atom stereocenters. The van der Waals surface area contributed by atoms with E-state index < -0.39 is 95.3 Å². The second-order valence-corrected chi connectivity index (χ2v) is 4.93. The summed E-state index contributed by atoms with van der Waals surface area (Å²) in [6.07, 6.45) is 0. The van der Waals surface area contributed by atoms with E-state index in [1.165, 1.54) is 0 Å². The van der Waals surface area contributed by atoms with Crippen molar-refractivity contribution < 1.29 is 56.4 Å². The van der Waals surface area contributed by atoms with Crippen molar-refractivity contribution in [2.45, 2.75) is 13.7 Å². The number of carbonyl (C=O) groups excluding carboxylic acids is 2. The molecule has 0 bridgehead atoms. The number of halogens is 6. The van der Waals surface area contributed by atoms with Crippen molar-refractivity contribution in [1.82, 2.24) is 0 Å². The minimum atomic E-state index is -2.93. The molecule has 0 saturated carbocycles. The van der Waals surface area contributed by atoms with Crippen LogP contribution >= 0.6 is 0 Å². The molecule has 0 aromatic heterocycles. The second kappa shape index (κ2) is 10.3. The SMILES string of the molecule is [2H]C([2H])([2H])C(=C)C(=O)Oc1ccc(F)c(F)c1F.[2H]c1c([2H])c(OC(=O)C(=C)C([2H])([2H])[2H])c(F)c(F)c1F. The van der Waals surface area contributed by atoms with Gasteiger partial charge in [0, 0.05) is 19.4 Å². The van der Waals surface area contributed by atoms with E-state index >= 15 is 0 Å². The Morgan fingerprint density at radius 1 is 0.767 bits per heavy atom. The van der Waals surface area contributed by atoms with Gasteiger partial charge in [0.2, 0.25) is 11.6 Å². The zero-order valence-corrected chi connectivity index (χ0v) is 14.5. The molecule has 0 saturated heterocycles. The summed E-state index contributed by atoms with van der Waals surface area (Å²) >= 11 is 0. The Morgan fingerprint density at radius 3 is 1.77 bits per heavy atom. The molecule has 0 heterocycles. The maximum atomic E-state index is 13.4. The molecule has 2 aromatic rings. The first-order valence-corrected chi connectivity index (χ1v) is 7.23. The van der Waals surface area contributed by atoms with Crippen LogP contribution in [-0.4, -0.2) is 11.9 Å². The Labute approximate surface area is 178 Å². The van der Waals surface area contributed by atoms with E-state index in [1.807, 2.05) is 0 Å². The first-order valence-electron chi connectivity index (χ1n) is 11.2. The Morgan fingerprint density at radius 2 is 1.23 bits per heavy atom. The Bertz CT molecular complexity index is 1280. The lowest BCUT2D eigenvalue weighted by Crippen LogP contribution is -2.10. The molecule has 0 amide bonds. The molecule has 4 nitrogen and oxygen atoms in total. The molecule has 0 fully saturated rings. The highest BCUT2D eigenvalue weighted by atomic mass is 19.2. The average molecular weight is 440 g/mol. The van der Waals surface area contributed by atoms with E-state index in [-0.39, 0.29) is 0 Å². The summed E-state index contributed by atoms with van der Waals surface area (Å²) in [7, 11) is 0. The second-order valence-electron chi connectivity index (χ2n) is 4.93. The van der Waals surface area contributed by atoms with Crippen LogP contribution in [0.4, 0.5) is 26.3 Å². The van der Waals surface area contributed by atoms with Gasteiger partial charge in [-0.3, -0.25) is 0 Å². The number of carbonyl (C=O) groups is 2. The molecule has 0 aliphatic heterocycles. The molecule has 0 unspecified atom stereocenters. The minimum absolute atomic E-state index is 0.541. The molecule has 2 aromatic carbocycles. The smallest absolute Gasteiger partial charge is 0.338 e. The maximum Gasteiger partial charge on any atom is 0.338 e. The van der Waals surface area contributed by atoms with Crippen LogP contribution in [0.15, 0.2) is 48.5 Å². The molecule has 0 spiro atoms. The maximum absolute atomic E-state index is 13.4. The molecule has 0 aliphatic rings. The molecule has 0 aliphatic carbocycles. The zero-order chi connectivity index (χ0) is 29.9. The fraction of sp³-hybridized carbons (Fsp3) is 0.100. The van der Waals surface area contributed by atoms with E-state index in [1.54, 1.807) is 0 Å². The van der Waals surface area contributed by atoms with Gasteiger partial charge in [0.15, 0.2) is 34.8 Å². The number of ether oxygens (including phenoxy) is 2. The Balaban J connectivity index is 0.000000382. The molecule has 2 rings (SSSR count). The van der Waals surface area contributed by atoms with Gasteiger partial charge in [-0.15, -0.1) is 0 Å². The van der Waals surface area contributed by atoms with Gasteiger partial charge in [0.25, 0.3) is 0 Å². The topological polar surface area (TPSA) is 52.6 Å². The van der Waals surface area contributed by atoms with E-state index in [0.717, 1.165) is 0 Å². The third-order valence-corrected chi connectivity index (χ3v) is 2.76. The number of hydrogen-bond acceptors (Lipinski definition) is 4. The summed E-state index contributed by atoms with van der Waals surface area (Å²) in [6, 6.07) is -1.35. The third kappa shape index (κ3) is 6.23. The van der Waals surface area contributed by atoms with Crippen LogP contribution in [0.5, 0.6) is 11.5 Å². The molecule has 30 heavy (non-hydrogen) atoms. The molecule has 0 N–H and O–H groups in total. The fourth-order valence-electron chi connectivity index (χ4n) is 1.39. The summed E-state index contributed by atoms with van der Waals surface area (Å²) in [5.41, 5.74) is -1.93. The summed E-state index contributed by atoms with van der Waals surface area (Å²) < 4.78 is 142. The van der Waals surface area contributed by atoms with Crippen LogP contribution < -0.4 is 9.47 Å². The van der Waals surface area contributed by atoms with Crippen LogP contribution in [0.2, 0.25) is 0 Å². The zero-order valence-electron chi connectivity index (χ0n) is 22.5. The fourth-order valence-corrected chi connectivity index (χ4v) is 1.39. The van der Waals surface area contributed by atoms with Crippen molar-refractivity contribution in [2.75, 3.05) is 0 Å². The lowest BCUT2D eigenvalue weighted by Gasteiger charge is -2.05. The van der Waals surface area contributed by atoms with Crippen molar-refractivity contribution in [3.8, 4) is 11.5 Å². The minimum Gasteiger partial charge on any atom is -0.420 e. The standard InChI is InChI=1S/2C10H7F3O2/c2*1-5(2)10(14)15-7-4-3-6(11)8(12)9(7)13/h2*3-4H,1H2,2H3/i2D3,3D,4D;2D3. The third-order valence-electron chi connectivity index (χ3n) is 2.76. The number of benzene rings is 2. The number of hydrogen-bond donors (Lipinski definition) is 0. The quantitative estimate of drug-likeness (QED) is 0.216. The first-order chi connectivity index (χ1) is 17.1. The van der Waals surface area contributed by atoms with E-state index in [2.05, 4.69) is 22.6 Å². The van der Waals surface area contributed by atoms with Crippen molar-refractivity contribution in [1.29, 1.82) is 0 Å². The predicted molar refractivity (Wildman–Crippen MR) is 93.5 cm³/mol. The van der Waals surface area contributed by atoms with Crippen molar-refractivity contribution in [3.63, 3.8) is 0 Å². The van der Waals surface area contributed by atoms with Gasteiger partial charge in [-0.2, -0.15) is 8.78 Å². The van der Waals surface area contributed by atoms with Gasteiger partial charge in [0.1, 0.15) is 0 Å². The highest BCUT2D eigenvalue weighted by molar-refractivity contribution is 5.89. The first kappa shape index (κ1) is 14.4. The van der Waals surface area contributed by atoms with Gasteiger partial charge in [-0.25, -0.2) is 27.2 Å². The van der Waals surface area contributed by atoms with E-state index in [0.29, 0.717) is 12.1 Å². The summed E-state index contributed by atoms with van der Waals surface area (Å²) in [4.78, 5) is 22.6. The normalized spacial score (nSPS) is 14.6. The van der Waals surface area contributed by atoms with Crippen LogP contribution in [0, 0.1) is 34.9 Å². The van der Waals surface area contributed by atoms with Gasteiger partial charge in [-0.1, -0.05) is 13.2 Å². The van der Waals surface area contributed by atoms with E-state index in [9.17, 15) is 35.9 Å². The molecular formula is C20H14F6O4. The van der Waals surface area contributed by atoms with Gasteiger partial charge < -0.3 is 9.47 Å². The van der Waals surface area contributed by atoms with Crippen LogP contribution in [0.3, 0.4) is 0 Å². The Kier molecular flexibility index (Phi) is 4.95. The van der Waals surface area contributed by atoms with Gasteiger partial charge in [-0.05, 0) is 37.9 Å². The number of esters is 2. The monoisotopic (exact) mass is 440 g/mol. The highest BCUT2D eigenvalue weighted by Crippen LogP contribution is 2.23. The molecule has 10 heteroatoms. The van der Waals surface area contributed by atoms with Gasteiger partial charge in [0.05, 0.1) is 2.74 Å². The summed E-state index contributed by atoms with van der Waals surface area (Å²) in [5, 5.41) is 0. The van der Waals surface area contributed by atoms with Crippen molar-refractivity contribution in [3.05, 3.63) is 83.4 Å². The lowest BCUT2D eigenvalue weighted by atomic mass is 10.3. The molecular weight excluding hydrogens is 418 g/mol. The van der Waals surface area contributed by atoms with Crippen LogP contribution in [0.1, 0.15) is 24.7 Å².